The van der Waals surface area contributed by atoms with Gasteiger partial charge in [0.05, 0.1) is 6.04 Å². The highest BCUT2D eigenvalue weighted by atomic mass is 15.2. The maximum Gasteiger partial charge on any atom is 0.0560 e. The fraction of sp³-hybridized carbons (Fsp3) is 0.0333. The number of hydrogen-bond acceptors (Lipinski definition) is 2. The molecule has 0 spiro atoms. The average molecular weight is 793 g/mol. The molecule has 0 fully saturated rings. The molecular weight excluding hydrogens is 749 g/mol. The van der Waals surface area contributed by atoms with Crippen molar-refractivity contribution in [3.8, 4) is 33.4 Å². The van der Waals surface area contributed by atoms with Gasteiger partial charge in [-0.3, -0.25) is 0 Å². The number of allylic oxidation sites excluding steroid dienone is 2. The molecule has 0 bridgehead atoms. The number of fused-ring (bicyclic) bond motifs is 5. The third kappa shape index (κ3) is 7.12. The summed E-state index contributed by atoms with van der Waals surface area (Å²) in [5.41, 5.74) is 14.2. The van der Waals surface area contributed by atoms with Crippen LogP contribution in [0, 0.1) is 0 Å². The summed E-state index contributed by atoms with van der Waals surface area (Å²) in [7, 11) is 0. The molecule has 10 aromatic rings. The van der Waals surface area contributed by atoms with Crippen molar-refractivity contribution in [3.05, 3.63) is 248 Å². The van der Waals surface area contributed by atoms with Crippen LogP contribution in [0.15, 0.2) is 243 Å². The minimum absolute atomic E-state index is 0.139. The second-order valence-electron chi connectivity index (χ2n) is 16.1. The first-order chi connectivity index (χ1) is 30.7. The van der Waals surface area contributed by atoms with Crippen LogP contribution in [-0.4, -0.2) is 6.04 Å². The van der Waals surface area contributed by atoms with Crippen LogP contribution in [0.3, 0.4) is 0 Å². The molecule has 0 saturated carbocycles. The average Bonchev–Trinajstić information content (AvgIpc) is 3.35. The summed E-state index contributed by atoms with van der Waals surface area (Å²) in [5, 5.41) is 11.4. The summed E-state index contributed by atoms with van der Waals surface area (Å²) in [6, 6.07) is 81.3. The molecule has 0 aromatic heterocycles. The lowest BCUT2D eigenvalue weighted by Crippen LogP contribution is -2.30. The van der Waals surface area contributed by atoms with Crippen LogP contribution >= 0.6 is 0 Å². The number of nitrogens with one attached hydrogen (secondary N) is 1. The molecule has 0 amide bonds. The Bertz CT molecular complexity index is 3260. The summed E-state index contributed by atoms with van der Waals surface area (Å²) in [4.78, 5) is 2.47. The lowest BCUT2D eigenvalue weighted by molar-refractivity contribution is 0.787. The zero-order valence-corrected chi connectivity index (χ0v) is 34.3. The van der Waals surface area contributed by atoms with E-state index in [9.17, 15) is 0 Å². The number of anilines is 4. The molecule has 0 heterocycles. The van der Waals surface area contributed by atoms with Gasteiger partial charge >= 0.3 is 0 Å². The van der Waals surface area contributed by atoms with E-state index in [-0.39, 0.29) is 6.04 Å². The van der Waals surface area contributed by atoms with Gasteiger partial charge in [-0.2, -0.15) is 0 Å². The molecule has 62 heavy (non-hydrogen) atoms. The summed E-state index contributed by atoms with van der Waals surface area (Å²) in [5.74, 6) is 0. The van der Waals surface area contributed by atoms with Gasteiger partial charge in [-0.05, 0) is 126 Å². The Balaban J connectivity index is 0.920. The lowest BCUT2D eigenvalue weighted by atomic mass is 9.89. The van der Waals surface area contributed by atoms with Crippen molar-refractivity contribution in [1.82, 2.24) is 0 Å². The highest BCUT2D eigenvalue weighted by molar-refractivity contribution is 6.23. The molecule has 11 rings (SSSR count). The molecule has 1 atom stereocenters. The number of para-hydroxylation sites is 1. The molecule has 10 aromatic carbocycles. The molecule has 1 N–H and O–H groups in total. The molecule has 1 aliphatic carbocycles. The van der Waals surface area contributed by atoms with E-state index < -0.39 is 0 Å². The summed E-state index contributed by atoms with van der Waals surface area (Å²) in [6.45, 7) is 0. The molecule has 0 saturated heterocycles. The van der Waals surface area contributed by atoms with Gasteiger partial charge < -0.3 is 10.2 Å². The smallest absolute Gasteiger partial charge is 0.0560 e. The van der Waals surface area contributed by atoms with Crippen LogP contribution in [-0.2, 0) is 0 Å². The van der Waals surface area contributed by atoms with Crippen molar-refractivity contribution in [2.75, 3.05) is 10.2 Å². The van der Waals surface area contributed by atoms with Gasteiger partial charge in [0.1, 0.15) is 0 Å². The van der Waals surface area contributed by atoms with Crippen LogP contribution in [0.5, 0.6) is 0 Å². The first-order valence-corrected chi connectivity index (χ1v) is 21.5. The summed E-state index contributed by atoms with van der Waals surface area (Å²) >= 11 is 0. The van der Waals surface area contributed by atoms with Crippen molar-refractivity contribution in [1.29, 1.82) is 0 Å². The Hall–Kier alpha value is -7.94. The predicted octanol–water partition coefficient (Wildman–Crippen LogP) is 16.4. The standard InChI is InChI=1S/C60H44N2/c1-3-13-42(14-4-1)44-23-25-45(26-24-44)47-29-36-52(37-30-47)62(51-34-27-46(28-35-51)43-15-5-2-6-16-43)53-38-32-50(33-39-53)61-59-22-12-11-21-56(59)58-41-49-18-8-9-19-54(49)57-40-31-48-17-7-10-20-55(48)60(57)58/h1-36,38-41,52,61H,37H2. The van der Waals surface area contributed by atoms with Gasteiger partial charge in [-0.1, -0.05) is 194 Å². The minimum Gasteiger partial charge on any atom is -0.355 e. The fourth-order valence-corrected chi connectivity index (χ4v) is 9.26. The molecule has 0 aliphatic heterocycles. The third-order valence-electron chi connectivity index (χ3n) is 12.4. The normalized spacial score (nSPS) is 13.6. The Morgan fingerprint density at radius 2 is 0.952 bits per heavy atom. The molecule has 0 radical (unpaired) electrons. The molecule has 1 aliphatic rings. The van der Waals surface area contributed by atoms with E-state index in [0.29, 0.717) is 0 Å². The van der Waals surface area contributed by atoms with E-state index in [1.165, 1.54) is 76.8 Å². The predicted molar refractivity (Wildman–Crippen MR) is 266 cm³/mol. The molecule has 2 nitrogen and oxygen atoms in total. The molecular formula is C60H44N2. The van der Waals surface area contributed by atoms with Crippen molar-refractivity contribution in [3.63, 3.8) is 0 Å². The second-order valence-corrected chi connectivity index (χ2v) is 16.1. The van der Waals surface area contributed by atoms with Crippen LogP contribution < -0.4 is 10.2 Å². The Kier molecular flexibility index (Phi) is 9.72. The highest BCUT2D eigenvalue weighted by Crippen LogP contribution is 2.43. The first-order valence-electron chi connectivity index (χ1n) is 21.5. The Morgan fingerprint density at radius 3 is 1.63 bits per heavy atom. The van der Waals surface area contributed by atoms with Crippen molar-refractivity contribution in [2.24, 2.45) is 0 Å². The zero-order chi connectivity index (χ0) is 41.2. The monoisotopic (exact) mass is 792 g/mol. The van der Waals surface area contributed by atoms with Crippen LogP contribution in [0.25, 0.3) is 71.3 Å². The number of nitrogens with zero attached hydrogens (tertiary/aromatic N) is 1. The Morgan fingerprint density at radius 1 is 0.403 bits per heavy atom. The molecule has 2 heteroatoms. The van der Waals surface area contributed by atoms with Crippen LogP contribution in [0.2, 0.25) is 0 Å². The van der Waals surface area contributed by atoms with Gasteiger partial charge in [0.2, 0.25) is 0 Å². The quantitative estimate of drug-likeness (QED) is 0.146. The van der Waals surface area contributed by atoms with Crippen LogP contribution in [0.1, 0.15) is 12.0 Å². The van der Waals surface area contributed by atoms with Gasteiger partial charge in [0, 0.05) is 28.3 Å². The number of rotatable bonds is 9. The highest BCUT2D eigenvalue weighted by Gasteiger charge is 2.22. The maximum absolute atomic E-state index is 3.84. The number of hydrogen-bond donors (Lipinski definition) is 1. The van der Waals surface area contributed by atoms with Gasteiger partial charge in [-0.15, -0.1) is 0 Å². The van der Waals surface area contributed by atoms with Crippen molar-refractivity contribution in [2.45, 2.75) is 12.5 Å². The van der Waals surface area contributed by atoms with Gasteiger partial charge in [-0.25, -0.2) is 0 Å². The zero-order valence-electron chi connectivity index (χ0n) is 34.3. The molecule has 1 unspecified atom stereocenters. The topological polar surface area (TPSA) is 15.3 Å². The van der Waals surface area contributed by atoms with Gasteiger partial charge in [0.15, 0.2) is 0 Å². The number of benzene rings is 10. The minimum atomic E-state index is 0.139. The van der Waals surface area contributed by atoms with E-state index >= 15 is 0 Å². The van der Waals surface area contributed by atoms with Crippen LogP contribution in [0.4, 0.5) is 22.7 Å². The summed E-state index contributed by atoms with van der Waals surface area (Å²) in [6.07, 6.45) is 7.93. The maximum atomic E-state index is 3.84. The third-order valence-corrected chi connectivity index (χ3v) is 12.4. The largest absolute Gasteiger partial charge is 0.355 e. The Labute approximate surface area is 363 Å². The second kappa shape index (κ2) is 16.3. The molecule has 294 valence electrons. The fourth-order valence-electron chi connectivity index (χ4n) is 9.26. The first kappa shape index (κ1) is 37.1. The van der Waals surface area contributed by atoms with E-state index in [1.54, 1.807) is 0 Å². The van der Waals surface area contributed by atoms with E-state index in [4.69, 9.17) is 0 Å². The van der Waals surface area contributed by atoms with E-state index in [2.05, 4.69) is 253 Å². The lowest BCUT2D eigenvalue weighted by Gasteiger charge is -2.33. The van der Waals surface area contributed by atoms with Gasteiger partial charge in [0.25, 0.3) is 0 Å². The summed E-state index contributed by atoms with van der Waals surface area (Å²) < 4.78 is 0. The van der Waals surface area contributed by atoms with Crippen molar-refractivity contribution >= 4 is 60.6 Å². The van der Waals surface area contributed by atoms with E-state index in [1.807, 2.05) is 0 Å². The van der Waals surface area contributed by atoms with E-state index in [0.717, 1.165) is 29.2 Å². The SMILES string of the molecule is C1=CC(N(c2ccc(Nc3ccccc3-c3cc4ccccc4c4ccc5ccccc5c34)cc2)c2ccc(-c3ccccc3)cc2)CC=C1c1ccc(-c2ccccc2)cc1. The van der Waals surface area contributed by atoms with Crippen molar-refractivity contribution < 1.29 is 0 Å².